The number of amidine groups is 1. The molecule has 0 spiro atoms. The van der Waals surface area contributed by atoms with Crippen molar-refractivity contribution in [3.05, 3.63) is 23.9 Å². The van der Waals surface area contributed by atoms with Crippen molar-refractivity contribution in [3.63, 3.8) is 0 Å². The first-order valence-electron chi connectivity index (χ1n) is 5.91. The minimum atomic E-state index is -3.21. The van der Waals surface area contributed by atoms with Gasteiger partial charge in [0.15, 0.2) is 15.7 Å². The molecule has 1 fully saturated rings. The molecule has 1 aliphatic rings. The van der Waals surface area contributed by atoms with Gasteiger partial charge in [-0.05, 0) is 12.1 Å². The zero-order chi connectivity index (χ0) is 14.8. The number of sulfone groups is 1. The summed E-state index contributed by atoms with van der Waals surface area (Å²) in [5, 5.41) is 11.0. The summed E-state index contributed by atoms with van der Waals surface area (Å²) in [6, 6.07) is 5.03. The Labute approximate surface area is 121 Å². The van der Waals surface area contributed by atoms with Gasteiger partial charge in [-0.25, -0.2) is 13.4 Å². The predicted molar refractivity (Wildman–Crippen MR) is 80.1 cm³/mol. The van der Waals surface area contributed by atoms with Gasteiger partial charge >= 0.3 is 0 Å². The summed E-state index contributed by atoms with van der Waals surface area (Å²) < 4.78 is 23.7. The highest BCUT2D eigenvalue weighted by atomic mass is 32.2. The van der Waals surface area contributed by atoms with E-state index in [9.17, 15) is 8.42 Å². The van der Waals surface area contributed by atoms with Crippen molar-refractivity contribution in [2.45, 2.75) is 5.37 Å². The van der Waals surface area contributed by atoms with Crippen LogP contribution in [-0.2, 0) is 9.84 Å². The van der Waals surface area contributed by atoms with Crippen LogP contribution in [0, 0.1) is 0 Å². The molecule has 0 radical (unpaired) electrons. The molecule has 1 unspecified atom stereocenters. The molecule has 1 aromatic rings. The molecule has 20 heavy (non-hydrogen) atoms. The maximum absolute atomic E-state index is 11.9. The number of thioether (sulfide) groups is 1. The lowest BCUT2D eigenvalue weighted by atomic mass is 10.3. The number of nitrogens with two attached hydrogens (primary N) is 1. The van der Waals surface area contributed by atoms with E-state index in [4.69, 9.17) is 10.9 Å². The van der Waals surface area contributed by atoms with Crippen molar-refractivity contribution in [1.29, 1.82) is 0 Å². The van der Waals surface area contributed by atoms with E-state index >= 15 is 0 Å². The Morgan fingerprint density at radius 2 is 2.35 bits per heavy atom. The summed E-state index contributed by atoms with van der Waals surface area (Å²) in [4.78, 5) is 6.02. The van der Waals surface area contributed by atoms with Gasteiger partial charge in [-0.15, -0.1) is 0 Å². The zero-order valence-corrected chi connectivity index (χ0v) is 12.6. The van der Waals surface area contributed by atoms with Gasteiger partial charge in [0, 0.05) is 24.3 Å². The largest absolute Gasteiger partial charge is 0.409 e. The van der Waals surface area contributed by atoms with Crippen LogP contribution in [0.2, 0.25) is 0 Å². The van der Waals surface area contributed by atoms with Crippen molar-refractivity contribution < 1.29 is 13.6 Å². The van der Waals surface area contributed by atoms with E-state index in [2.05, 4.69) is 10.1 Å². The number of aromatic nitrogens is 1. The zero-order valence-electron chi connectivity index (χ0n) is 10.9. The van der Waals surface area contributed by atoms with E-state index in [0.717, 1.165) is 5.75 Å². The number of hydrogen-bond acceptors (Lipinski definition) is 7. The average molecular weight is 316 g/mol. The first-order valence-corrected chi connectivity index (χ1v) is 9.02. The first kappa shape index (κ1) is 14.9. The second kappa shape index (κ2) is 5.88. The Bertz CT molecular complexity index is 618. The number of anilines is 1. The Morgan fingerprint density at radius 3 is 3.00 bits per heavy atom. The Balaban J connectivity index is 2.38. The molecule has 0 saturated carbocycles. The molecule has 1 aliphatic heterocycles. The standard InChI is InChI=1S/C11H16N4O3S2/c1-20(17,18)10-7-19-6-5-15(10)9-4-2-3-8(13-9)11(12)14-16/h2-4,10,16H,5-7H2,1H3,(H2,12,14). The molecule has 1 saturated heterocycles. The van der Waals surface area contributed by atoms with E-state index in [0.29, 0.717) is 23.8 Å². The first-order chi connectivity index (χ1) is 9.43. The van der Waals surface area contributed by atoms with Crippen molar-refractivity contribution in [2.75, 3.05) is 29.2 Å². The number of pyridine rings is 1. The molecule has 0 aliphatic carbocycles. The topological polar surface area (TPSA) is 109 Å². The van der Waals surface area contributed by atoms with E-state index < -0.39 is 15.2 Å². The van der Waals surface area contributed by atoms with Crippen LogP contribution in [0.15, 0.2) is 23.4 Å². The van der Waals surface area contributed by atoms with Gasteiger partial charge in [-0.3, -0.25) is 0 Å². The molecular formula is C11H16N4O3S2. The molecule has 0 bridgehead atoms. The third-order valence-electron chi connectivity index (χ3n) is 2.98. The van der Waals surface area contributed by atoms with E-state index in [1.807, 2.05) is 0 Å². The fourth-order valence-electron chi connectivity index (χ4n) is 1.97. The van der Waals surface area contributed by atoms with Crippen molar-refractivity contribution in [1.82, 2.24) is 4.98 Å². The summed E-state index contributed by atoms with van der Waals surface area (Å²) in [7, 11) is -3.21. The van der Waals surface area contributed by atoms with Crippen molar-refractivity contribution in [2.24, 2.45) is 10.9 Å². The van der Waals surface area contributed by atoms with Crippen LogP contribution >= 0.6 is 11.8 Å². The lowest BCUT2D eigenvalue weighted by molar-refractivity contribution is 0.318. The summed E-state index contributed by atoms with van der Waals surface area (Å²) in [5.41, 5.74) is 5.83. The molecule has 1 aromatic heterocycles. The normalized spacial score (nSPS) is 20.9. The molecule has 1 atom stereocenters. The van der Waals surface area contributed by atoms with Gasteiger partial charge in [0.1, 0.15) is 16.9 Å². The van der Waals surface area contributed by atoms with Gasteiger partial charge in [-0.2, -0.15) is 11.8 Å². The van der Waals surface area contributed by atoms with E-state index in [1.54, 1.807) is 34.9 Å². The average Bonchev–Trinajstić information content (AvgIpc) is 2.45. The van der Waals surface area contributed by atoms with Crippen LogP contribution in [0.5, 0.6) is 0 Å². The summed E-state index contributed by atoms with van der Waals surface area (Å²) in [6.07, 6.45) is 1.23. The second-order valence-electron chi connectivity index (χ2n) is 4.42. The molecule has 2 rings (SSSR count). The maximum Gasteiger partial charge on any atom is 0.188 e. The Morgan fingerprint density at radius 1 is 1.60 bits per heavy atom. The van der Waals surface area contributed by atoms with Crippen LogP contribution in [0.25, 0.3) is 0 Å². The fourth-order valence-corrected chi connectivity index (χ4v) is 4.80. The summed E-state index contributed by atoms with van der Waals surface area (Å²) in [6.45, 7) is 0.592. The minimum Gasteiger partial charge on any atom is -0.409 e. The number of nitrogens with zero attached hydrogens (tertiary/aromatic N) is 3. The van der Waals surface area contributed by atoms with Gasteiger partial charge in [-0.1, -0.05) is 11.2 Å². The molecule has 7 nitrogen and oxygen atoms in total. The Kier molecular flexibility index (Phi) is 4.39. The Hall–Kier alpha value is -1.48. The molecule has 0 aromatic carbocycles. The van der Waals surface area contributed by atoms with Crippen molar-refractivity contribution >= 4 is 33.3 Å². The smallest absolute Gasteiger partial charge is 0.188 e. The van der Waals surface area contributed by atoms with Crippen LogP contribution in [0.3, 0.4) is 0 Å². The lowest BCUT2D eigenvalue weighted by Gasteiger charge is -2.35. The predicted octanol–water partition coefficient (Wildman–Crippen LogP) is 0.1000. The van der Waals surface area contributed by atoms with Gasteiger partial charge in [0.05, 0.1) is 0 Å². The van der Waals surface area contributed by atoms with Crippen LogP contribution in [0.4, 0.5) is 5.82 Å². The highest BCUT2D eigenvalue weighted by Crippen LogP contribution is 2.25. The van der Waals surface area contributed by atoms with Crippen molar-refractivity contribution in [3.8, 4) is 0 Å². The monoisotopic (exact) mass is 316 g/mol. The molecular weight excluding hydrogens is 300 g/mol. The van der Waals surface area contributed by atoms with Crippen LogP contribution < -0.4 is 10.6 Å². The van der Waals surface area contributed by atoms with Gasteiger partial charge in [0.2, 0.25) is 0 Å². The molecule has 3 N–H and O–H groups in total. The number of hydrogen-bond donors (Lipinski definition) is 2. The third-order valence-corrected chi connectivity index (χ3v) is 5.62. The lowest BCUT2D eigenvalue weighted by Crippen LogP contribution is -2.47. The molecule has 2 heterocycles. The second-order valence-corrected chi connectivity index (χ2v) is 7.77. The maximum atomic E-state index is 11.9. The van der Waals surface area contributed by atoms with E-state index in [1.165, 1.54) is 6.26 Å². The quantitative estimate of drug-likeness (QED) is 0.352. The fraction of sp³-hybridized carbons (Fsp3) is 0.455. The van der Waals surface area contributed by atoms with Gasteiger partial charge in [0.25, 0.3) is 0 Å². The van der Waals surface area contributed by atoms with Gasteiger partial charge < -0.3 is 15.8 Å². The molecule has 9 heteroatoms. The highest BCUT2D eigenvalue weighted by Gasteiger charge is 2.31. The third kappa shape index (κ3) is 3.15. The number of oxime groups is 1. The minimum absolute atomic E-state index is 0.103. The summed E-state index contributed by atoms with van der Waals surface area (Å²) in [5.74, 6) is 1.76. The number of rotatable bonds is 3. The van der Waals surface area contributed by atoms with Crippen LogP contribution in [0.1, 0.15) is 5.69 Å². The molecule has 0 amide bonds. The molecule has 110 valence electrons. The highest BCUT2D eigenvalue weighted by molar-refractivity contribution is 8.01. The SMILES string of the molecule is CS(=O)(=O)C1CSCCN1c1cccc(C(N)=NO)n1. The van der Waals surface area contributed by atoms with Crippen LogP contribution in [-0.4, -0.2) is 54.1 Å². The summed E-state index contributed by atoms with van der Waals surface area (Å²) >= 11 is 1.61. The van der Waals surface area contributed by atoms with E-state index in [-0.39, 0.29) is 5.84 Å².